The Morgan fingerprint density at radius 3 is 2.82 bits per heavy atom. The summed E-state index contributed by atoms with van der Waals surface area (Å²) in [5, 5.41) is 0. The maximum absolute atomic E-state index is 5.81. The van der Waals surface area contributed by atoms with Crippen molar-refractivity contribution in [2.24, 2.45) is 5.73 Å². The van der Waals surface area contributed by atoms with E-state index in [0.29, 0.717) is 5.88 Å². The fourth-order valence-corrected chi connectivity index (χ4v) is 1.79. The predicted molar refractivity (Wildman–Crippen MR) is 71.1 cm³/mol. The third-order valence-electron chi connectivity index (χ3n) is 2.30. The Hall–Kier alpha value is -1.39. The summed E-state index contributed by atoms with van der Waals surface area (Å²) >= 11 is 3.39. The van der Waals surface area contributed by atoms with Crippen molar-refractivity contribution in [3.63, 3.8) is 0 Å². The molecule has 0 bridgehead atoms. The molecule has 0 amide bonds. The van der Waals surface area contributed by atoms with E-state index in [1.807, 2.05) is 43.3 Å². The van der Waals surface area contributed by atoms with Crippen molar-refractivity contribution in [2.45, 2.75) is 13.0 Å². The Balaban J connectivity index is 2.21. The van der Waals surface area contributed by atoms with Crippen molar-refractivity contribution < 1.29 is 4.74 Å². The van der Waals surface area contributed by atoms with E-state index in [1.165, 1.54) is 0 Å². The van der Waals surface area contributed by atoms with Gasteiger partial charge < -0.3 is 10.5 Å². The third kappa shape index (κ3) is 3.28. The minimum Gasteiger partial charge on any atom is -0.439 e. The molecule has 0 unspecified atom stereocenters. The second-order valence-electron chi connectivity index (χ2n) is 3.78. The van der Waals surface area contributed by atoms with Crippen LogP contribution in [0.25, 0.3) is 0 Å². The summed E-state index contributed by atoms with van der Waals surface area (Å²) in [4.78, 5) is 4.15. The minimum atomic E-state index is -0.0251. The molecule has 0 saturated carbocycles. The SMILES string of the molecule is C[C@@H](N)c1ccnc(Oc2cccc(Br)c2)c1. The first-order valence-electron chi connectivity index (χ1n) is 5.30. The zero-order chi connectivity index (χ0) is 12.3. The van der Waals surface area contributed by atoms with Crippen LogP contribution in [0.15, 0.2) is 47.1 Å². The molecule has 1 aromatic carbocycles. The van der Waals surface area contributed by atoms with Gasteiger partial charge in [0.2, 0.25) is 5.88 Å². The number of nitrogens with two attached hydrogens (primary N) is 1. The maximum atomic E-state index is 5.81. The van der Waals surface area contributed by atoms with Gasteiger partial charge in [-0.05, 0) is 36.8 Å². The molecule has 0 aliphatic heterocycles. The Labute approximate surface area is 109 Å². The molecule has 0 fully saturated rings. The van der Waals surface area contributed by atoms with Crippen LogP contribution in [0.2, 0.25) is 0 Å². The van der Waals surface area contributed by atoms with E-state index in [0.717, 1.165) is 15.8 Å². The van der Waals surface area contributed by atoms with Crippen LogP contribution in [0.5, 0.6) is 11.6 Å². The van der Waals surface area contributed by atoms with Gasteiger partial charge in [-0.15, -0.1) is 0 Å². The number of hydrogen-bond acceptors (Lipinski definition) is 3. The van der Waals surface area contributed by atoms with Crippen molar-refractivity contribution in [1.29, 1.82) is 0 Å². The van der Waals surface area contributed by atoms with Gasteiger partial charge in [-0.2, -0.15) is 0 Å². The van der Waals surface area contributed by atoms with Gasteiger partial charge in [-0.1, -0.05) is 22.0 Å². The van der Waals surface area contributed by atoms with Crippen LogP contribution in [0.1, 0.15) is 18.5 Å². The van der Waals surface area contributed by atoms with Gasteiger partial charge in [-0.3, -0.25) is 0 Å². The van der Waals surface area contributed by atoms with Crippen LogP contribution in [-0.4, -0.2) is 4.98 Å². The molecule has 1 atom stereocenters. The number of aromatic nitrogens is 1. The van der Waals surface area contributed by atoms with E-state index in [2.05, 4.69) is 20.9 Å². The van der Waals surface area contributed by atoms with Crippen molar-refractivity contribution in [3.05, 3.63) is 52.6 Å². The molecule has 2 aromatic rings. The summed E-state index contributed by atoms with van der Waals surface area (Å²) in [7, 11) is 0. The normalized spacial score (nSPS) is 12.2. The van der Waals surface area contributed by atoms with Gasteiger partial charge in [0.1, 0.15) is 5.75 Å². The van der Waals surface area contributed by atoms with Gasteiger partial charge in [0.15, 0.2) is 0 Å². The Bertz CT molecular complexity index is 514. The molecule has 3 nitrogen and oxygen atoms in total. The smallest absolute Gasteiger partial charge is 0.219 e. The molecule has 0 aliphatic rings. The molecule has 0 saturated heterocycles. The van der Waals surface area contributed by atoms with Crippen LogP contribution in [0, 0.1) is 0 Å². The molecule has 0 radical (unpaired) electrons. The van der Waals surface area contributed by atoms with E-state index < -0.39 is 0 Å². The lowest BCUT2D eigenvalue weighted by Gasteiger charge is -2.08. The summed E-state index contributed by atoms with van der Waals surface area (Å²) in [6.07, 6.45) is 1.70. The number of rotatable bonds is 3. The third-order valence-corrected chi connectivity index (χ3v) is 2.80. The molecule has 2 N–H and O–H groups in total. The average Bonchev–Trinajstić information content (AvgIpc) is 2.29. The van der Waals surface area contributed by atoms with E-state index in [1.54, 1.807) is 6.20 Å². The summed E-state index contributed by atoms with van der Waals surface area (Å²) in [6.45, 7) is 1.93. The number of pyridine rings is 1. The Morgan fingerprint density at radius 1 is 1.29 bits per heavy atom. The topological polar surface area (TPSA) is 48.1 Å². The highest BCUT2D eigenvalue weighted by atomic mass is 79.9. The van der Waals surface area contributed by atoms with E-state index in [9.17, 15) is 0 Å². The summed E-state index contributed by atoms with van der Waals surface area (Å²) < 4.78 is 6.62. The van der Waals surface area contributed by atoms with E-state index >= 15 is 0 Å². The first-order chi connectivity index (χ1) is 8.15. The van der Waals surface area contributed by atoms with E-state index in [4.69, 9.17) is 10.5 Å². The quantitative estimate of drug-likeness (QED) is 0.939. The zero-order valence-electron chi connectivity index (χ0n) is 9.43. The molecule has 17 heavy (non-hydrogen) atoms. The number of halogens is 1. The number of benzene rings is 1. The molecule has 4 heteroatoms. The lowest BCUT2D eigenvalue weighted by Crippen LogP contribution is -2.05. The van der Waals surface area contributed by atoms with Crippen LogP contribution < -0.4 is 10.5 Å². The molecule has 0 aliphatic carbocycles. The van der Waals surface area contributed by atoms with Gasteiger partial charge in [0.05, 0.1) is 0 Å². The Kier molecular flexibility index (Phi) is 3.76. The largest absolute Gasteiger partial charge is 0.439 e. The molecular formula is C13H13BrN2O. The summed E-state index contributed by atoms with van der Waals surface area (Å²) in [6, 6.07) is 11.3. The average molecular weight is 293 g/mol. The number of hydrogen-bond donors (Lipinski definition) is 1. The Morgan fingerprint density at radius 2 is 2.12 bits per heavy atom. The van der Waals surface area contributed by atoms with Crippen LogP contribution in [-0.2, 0) is 0 Å². The van der Waals surface area contributed by atoms with Gasteiger partial charge in [-0.25, -0.2) is 4.98 Å². The lowest BCUT2D eigenvalue weighted by atomic mass is 10.1. The fraction of sp³-hybridized carbons (Fsp3) is 0.154. The predicted octanol–water partition coefficient (Wildman–Crippen LogP) is 3.66. The maximum Gasteiger partial charge on any atom is 0.219 e. The summed E-state index contributed by atoms with van der Waals surface area (Å²) in [5.41, 5.74) is 6.81. The molecule has 1 aromatic heterocycles. The molecular weight excluding hydrogens is 280 g/mol. The molecule has 88 valence electrons. The molecule has 1 heterocycles. The zero-order valence-corrected chi connectivity index (χ0v) is 11.0. The highest BCUT2D eigenvalue weighted by molar-refractivity contribution is 9.10. The monoisotopic (exact) mass is 292 g/mol. The number of nitrogens with zero attached hydrogens (tertiary/aromatic N) is 1. The first kappa shape index (κ1) is 12.1. The second kappa shape index (κ2) is 5.29. The van der Waals surface area contributed by atoms with Crippen molar-refractivity contribution in [2.75, 3.05) is 0 Å². The number of ether oxygens (including phenoxy) is 1. The second-order valence-corrected chi connectivity index (χ2v) is 4.69. The fourth-order valence-electron chi connectivity index (χ4n) is 1.42. The van der Waals surface area contributed by atoms with Gasteiger partial charge in [0.25, 0.3) is 0 Å². The van der Waals surface area contributed by atoms with Crippen LogP contribution in [0.4, 0.5) is 0 Å². The highest BCUT2D eigenvalue weighted by Crippen LogP contribution is 2.24. The molecule has 0 spiro atoms. The van der Waals surface area contributed by atoms with Gasteiger partial charge in [0, 0.05) is 22.8 Å². The highest BCUT2D eigenvalue weighted by Gasteiger charge is 2.03. The van der Waals surface area contributed by atoms with E-state index in [-0.39, 0.29) is 6.04 Å². The van der Waals surface area contributed by atoms with Gasteiger partial charge >= 0.3 is 0 Å². The van der Waals surface area contributed by atoms with Crippen molar-refractivity contribution >= 4 is 15.9 Å². The minimum absolute atomic E-state index is 0.0251. The summed E-state index contributed by atoms with van der Waals surface area (Å²) in [5.74, 6) is 1.30. The first-order valence-corrected chi connectivity index (χ1v) is 6.09. The van der Waals surface area contributed by atoms with Crippen molar-refractivity contribution in [1.82, 2.24) is 4.98 Å². The standard InChI is InChI=1S/C13H13BrN2O/c1-9(15)10-5-6-16-13(7-10)17-12-4-2-3-11(14)8-12/h2-9H,15H2,1H3/t9-/m1/s1. The lowest BCUT2D eigenvalue weighted by molar-refractivity contribution is 0.461. The molecule has 2 rings (SSSR count). The van der Waals surface area contributed by atoms with Crippen LogP contribution >= 0.6 is 15.9 Å². The van der Waals surface area contributed by atoms with Crippen molar-refractivity contribution in [3.8, 4) is 11.6 Å². The van der Waals surface area contributed by atoms with Crippen LogP contribution in [0.3, 0.4) is 0 Å².